The minimum atomic E-state index is -1.00. The highest BCUT2D eigenvalue weighted by molar-refractivity contribution is 7.18. The summed E-state index contributed by atoms with van der Waals surface area (Å²) in [7, 11) is 0. The summed E-state index contributed by atoms with van der Waals surface area (Å²) in [5, 5.41) is 19.8. The Balaban J connectivity index is 1.41. The van der Waals surface area contributed by atoms with Crippen molar-refractivity contribution in [3.8, 4) is 22.3 Å². The maximum atomic E-state index is 13.8. The molecular formula is C20H14FN5O3S. The van der Waals surface area contributed by atoms with Crippen LogP contribution in [0.4, 0.5) is 20.9 Å². The van der Waals surface area contributed by atoms with Crippen molar-refractivity contribution < 1.29 is 18.3 Å². The van der Waals surface area contributed by atoms with E-state index < -0.39 is 5.79 Å². The first-order valence-electron chi connectivity index (χ1n) is 9.10. The third kappa shape index (κ3) is 2.72. The molecule has 8 nitrogen and oxygen atoms in total. The van der Waals surface area contributed by atoms with Crippen LogP contribution >= 0.6 is 11.3 Å². The number of hydrogen-bond donors (Lipinski definition) is 3. The van der Waals surface area contributed by atoms with E-state index in [1.165, 1.54) is 23.5 Å². The van der Waals surface area contributed by atoms with Crippen LogP contribution in [0.2, 0.25) is 0 Å². The largest absolute Gasteiger partial charge is 0.462 e. The van der Waals surface area contributed by atoms with Gasteiger partial charge in [-0.05, 0) is 48.5 Å². The number of nitrogens with zero attached hydrogens (tertiary/aromatic N) is 2. The third-order valence-corrected chi connectivity index (χ3v) is 5.74. The van der Waals surface area contributed by atoms with Crippen molar-refractivity contribution in [3.63, 3.8) is 0 Å². The molecule has 4 heterocycles. The van der Waals surface area contributed by atoms with Gasteiger partial charge in [0.15, 0.2) is 22.3 Å². The molecular weight excluding hydrogens is 409 g/mol. The molecule has 3 N–H and O–H groups in total. The Morgan fingerprint density at radius 3 is 2.80 bits per heavy atom. The molecule has 0 radical (unpaired) electrons. The van der Waals surface area contributed by atoms with Gasteiger partial charge in [-0.3, -0.25) is 0 Å². The van der Waals surface area contributed by atoms with E-state index in [2.05, 4.69) is 26.1 Å². The molecule has 10 heteroatoms. The van der Waals surface area contributed by atoms with E-state index in [1.807, 2.05) is 24.3 Å². The van der Waals surface area contributed by atoms with Crippen LogP contribution in [0.15, 0.2) is 59.2 Å². The molecule has 2 aliphatic rings. The smallest absolute Gasteiger partial charge is 0.231 e. The van der Waals surface area contributed by atoms with Gasteiger partial charge in [-0.1, -0.05) is 11.3 Å². The average molecular weight is 423 g/mol. The van der Waals surface area contributed by atoms with E-state index in [-0.39, 0.29) is 12.6 Å². The molecule has 0 saturated heterocycles. The molecule has 0 aliphatic carbocycles. The minimum absolute atomic E-state index is 0.175. The van der Waals surface area contributed by atoms with Crippen LogP contribution < -0.4 is 25.4 Å². The highest BCUT2D eigenvalue weighted by Gasteiger charge is 2.40. The molecule has 30 heavy (non-hydrogen) atoms. The quantitative estimate of drug-likeness (QED) is 0.444. The van der Waals surface area contributed by atoms with Crippen LogP contribution in [-0.2, 0) is 5.79 Å². The maximum absolute atomic E-state index is 13.8. The number of rotatable bonds is 4. The number of nitrogens with one attached hydrogen (secondary N) is 3. The predicted octanol–water partition coefficient (Wildman–Crippen LogP) is 4.43. The normalized spacial score (nSPS) is 18.6. The minimum Gasteiger partial charge on any atom is -0.462 e. The highest BCUT2D eigenvalue weighted by atomic mass is 32.1. The molecule has 2 aromatic carbocycles. The van der Waals surface area contributed by atoms with Gasteiger partial charge in [0.25, 0.3) is 0 Å². The molecule has 0 saturated carbocycles. The Kier molecular flexibility index (Phi) is 3.62. The van der Waals surface area contributed by atoms with Crippen LogP contribution in [0.1, 0.15) is 5.56 Å². The van der Waals surface area contributed by atoms with Gasteiger partial charge in [0.1, 0.15) is 5.82 Å². The van der Waals surface area contributed by atoms with Crippen LogP contribution in [0.5, 0.6) is 11.5 Å². The van der Waals surface area contributed by atoms with Crippen LogP contribution in [-0.4, -0.2) is 17.0 Å². The standard InChI is InChI=1S/C20H14FN5O3S/c21-12-4-5-13-14(9-12)23-20(22-13,11-3-6-15-17(8-11)29-10-28-15)24-19-26-25-18(30-19)16-2-1-7-27-16/h1-9,22-23H,10H2,(H,24,26). The summed E-state index contributed by atoms with van der Waals surface area (Å²) in [6, 6.07) is 13.7. The third-order valence-electron chi connectivity index (χ3n) is 4.88. The lowest BCUT2D eigenvalue weighted by atomic mass is 10.1. The fourth-order valence-corrected chi connectivity index (χ4v) is 4.27. The Bertz CT molecular complexity index is 1250. The summed E-state index contributed by atoms with van der Waals surface area (Å²) in [6.45, 7) is 0.175. The molecule has 150 valence electrons. The van der Waals surface area contributed by atoms with Crippen molar-refractivity contribution >= 4 is 27.8 Å². The van der Waals surface area contributed by atoms with Gasteiger partial charge in [0.05, 0.1) is 17.6 Å². The summed E-state index contributed by atoms with van der Waals surface area (Å²) in [5.41, 5.74) is 2.17. The second kappa shape index (κ2) is 6.36. The molecule has 1 unspecified atom stereocenters. The molecule has 0 bridgehead atoms. The Hall–Kier alpha value is -3.79. The molecule has 2 aromatic heterocycles. The number of aromatic nitrogens is 2. The van der Waals surface area contributed by atoms with Crippen LogP contribution in [0.25, 0.3) is 10.8 Å². The van der Waals surface area contributed by atoms with Crippen molar-refractivity contribution in [2.24, 2.45) is 0 Å². The number of halogens is 1. The molecule has 4 aromatic rings. The lowest BCUT2D eigenvalue weighted by Gasteiger charge is -2.32. The zero-order chi connectivity index (χ0) is 20.1. The first kappa shape index (κ1) is 17.1. The summed E-state index contributed by atoms with van der Waals surface area (Å²) in [5.74, 6) is 0.604. The zero-order valence-corrected chi connectivity index (χ0v) is 16.1. The fourth-order valence-electron chi connectivity index (χ4n) is 3.51. The molecule has 0 amide bonds. The maximum Gasteiger partial charge on any atom is 0.231 e. The van der Waals surface area contributed by atoms with Gasteiger partial charge in [-0.25, -0.2) is 4.39 Å². The van der Waals surface area contributed by atoms with E-state index >= 15 is 0 Å². The monoisotopic (exact) mass is 423 g/mol. The van der Waals surface area contributed by atoms with Gasteiger partial charge in [0.2, 0.25) is 17.7 Å². The average Bonchev–Trinajstić information content (AvgIpc) is 3.52. The van der Waals surface area contributed by atoms with E-state index in [4.69, 9.17) is 13.9 Å². The van der Waals surface area contributed by atoms with E-state index in [0.29, 0.717) is 33.1 Å². The number of fused-ring (bicyclic) bond motifs is 2. The van der Waals surface area contributed by atoms with Crippen molar-refractivity contribution in [1.29, 1.82) is 0 Å². The highest BCUT2D eigenvalue weighted by Crippen LogP contribution is 2.44. The first-order valence-corrected chi connectivity index (χ1v) is 9.92. The van der Waals surface area contributed by atoms with Crippen LogP contribution in [0.3, 0.4) is 0 Å². The van der Waals surface area contributed by atoms with E-state index in [0.717, 1.165) is 11.3 Å². The molecule has 6 rings (SSSR count). The van der Waals surface area contributed by atoms with E-state index in [9.17, 15) is 4.39 Å². The first-order chi connectivity index (χ1) is 14.7. The second-order valence-corrected chi connectivity index (χ2v) is 7.75. The van der Waals surface area contributed by atoms with Gasteiger partial charge in [-0.2, -0.15) is 0 Å². The lowest BCUT2D eigenvalue weighted by molar-refractivity contribution is 0.174. The number of ether oxygens (including phenoxy) is 2. The summed E-state index contributed by atoms with van der Waals surface area (Å²) < 4.78 is 30.2. The SMILES string of the molecule is Fc1ccc2c(c1)NC(Nc1nnc(-c3ccco3)s1)(c1ccc3c(c1)OCO3)N2. The van der Waals surface area contributed by atoms with Crippen molar-refractivity contribution in [1.82, 2.24) is 10.2 Å². The zero-order valence-electron chi connectivity index (χ0n) is 15.3. The molecule has 0 spiro atoms. The predicted molar refractivity (Wildman–Crippen MR) is 109 cm³/mol. The van der Waals surface area contributed by atoms with E-state index in [1.54, 1.807) is 18.4 Å². The number of furan rings is 1. The van der Waals surface area contributed by atoms with Crippen molar-refractivity contribution in [2.75, 3.05) is 22.7 Å². The van der Waals surface area contributed by atoms with Crippen molar-refractivity contribution in [2.45, 2.75) is 5.79 Å². The Labute approximate surface area is 173 Å². The summed E-state index contributed by atoms with van der Waals surface area (Å²) in [4.78, 5) is 0. The fraction of sp³-hybridized carbons (Fsp3) is 0.100. The van der Waals surface area contributed by atoms with Gasteiger partial charge in [-0.15, -0.1) is 10.2 Å². The van der Waals surface area contributed by atoms with Crippen molar-refractivity contribution in [3.05, 3.63) is 66.2 Å². The number of benzene rings is 2. The summed E-state index contributed by atoms with van der Waals surface area (Å²) >= 11 is 1.34. The van der Waals surface area contributed by atoms with Gasteiger partial charge >= 0.3 is 0 Å². The second-order valence-electron chi connectivity index (χ2n) is 6.77. The van der Waals surface area contributed by atoms with Gasteiger partial charge < -0.3 is 29.8 Å². The van der Waals surface area contributed by atoms with Gasteiger partial charge in [0, 0.05) is 5.56 Å². The van der Waals surface area contributed by atoms with Crippen LogP contribution in [0, 0.1) is 5.82 Å². The lowest BCUT2D eigenvalue weighted by Crippen LogP contribution is -2.46. The number of anilines is 3. The topological polar surface area (TPSA) is 93.5 Å². The molecule has 2 aliphatic heterocycles. The molecule has 1 atom stereocenters. The molecule has 0 fully saturated rings. The Morgan fingerprint density at radius 1 is 1.00 bits per heavy atom. The Morgan fingerprint density at radius 2 is 1.90 bits per heavy atom. The summed E-state index contributed by atoms with van der Waals surface area (Å²) in [6.07, 6.45) is 1.59. The number of hydrogen-bond acceptors (Lipinski definition) is 9.